The Bertz CT molecular complexity index is 1720. The molecule has 0 radical (unpaired) electrons. The Morgan fingerprint density at radius 2 is 1.72 bits per heavy atom. The number of fused-ring (bicyclic) bond motifs is 1. The third kappa shape index (κ3) is 5.18. The summed E-state index contributed by atoms with van der Waals surface area (Å²) in [6.45, 7) is -0.00970. The molecule has 4 aromatic rings. The number of nitro benzene ring substituents is 1. The van der Waals surface area contributed by atoms with Gasteiger partial charge in [-0.1, -0.05) is 65.7 Å². The van der Waals surface area contributed by atoms with Gasteiger partial charge in [-0.2, -0.15) is 0 Å². The molecule has 0 atom stereocenters. The van der Waals surface area contributed by atoms with Crippen molar-refractivity contribution in [1.82, 2.24) is 5.32 Å². The highest BCUT2D eigenvalue weighted by molar-refractivity contribution is 6.43. The molecule has 0 bridgehead atoms. The topological polar surface area (TPSA) is 119 Å². The van der Waals surface area contributed by atoms with Crippen molar-refractivity contribution in [3.63, 3.8) is 0 Å². The maximum Gasteiger partial charge on any atom is 0.335 e. The molecule has 9 nitrogen and oxygen atoms in total. The van der Waals surface area contributed by atoms with E-state index in [1.165, 1.54) is 36.4 Å². The second-order valence-electron chi connectivity index (χ2n) is 8.47. The van der Waals surface area contributed by atoms with Crippen LogP contribution in [0.2, 0.25) is 10.0 Å². The summed E-state index contributed by atoms with van der Waals surface area (Å²) in [6.07, 6.45) is 1.36. The van der Waals surface area contributed by atoms with Gasteiger partial charge in [0.2, 0.25) is 0 Å². The van der Waals surface area contributed by atoms with Gasteiger partial charge in [-0.15, -0.1) is 0 Å². The molecule has 4 aromatic carbocycles. The van der Waals surface area contributed by atoms with E-state index in [0.29, 0.717) is 22.3 Å². The minimum Gasteiger partial charge on any atom is -0.488 e. The Morgan fingerprint density at radius 3 is 2.49 bits per heavy atom. The second kappa shape index (κ2) is 10.6. The monoisotopic (exact) mass is 561 g/mol. The molecule has 5 rings (SSSR count). The first-order valence-electron chi connectivity index (χ1n) is 11.5. The number of nitrogens with one attached hydrogen (secondary N) is 1. The predicted molar refractivity (Wildman–Crippen MR) is 147 cm³/mol. The summed E-state index contributed by atoms with van der Waals surface area (Å²) >= 11 is 12.1. The van der Waals surface area contributed by atoms with Gasteiger partial charge in [-0.25, -0.2) is 9.69 Å². The highest BCUT2D eigenvalue weighted by Gasteiger charge is 2.37. The third-order valence-corrected chi connectivity index (χ3v) is 6.74. The Kier molecular flexibility index (Phi) is 7.02. The van der Waals surface area contributed by atoms with E-state index in [0.717, 1.165) is 10.3 Å². The van der Waals surface area contributed by atoms with Crippen LogP contribution in [0.3, 0.4) is 0 Å². The lowest BCUT2D eigenvalue weighted by Crippen LogP contribution is -2.54. The maximum atomic E-state index is 13.5. The number of carbonyl (C=O) groups is 3. The zero-order valence-corrected chi connectivity index (χ0v) is 21.4. The van der Waals surface area contributed by atoms with Gasteiger partial charge in [0, 0.05) is 17.7 Å². The van der Waals surface area contributed by atoms with Crippen LogP contribution in [0.25, 0.3) is 16.8 Å². The average molecular weight is 562 g/mol. The number of carbonyl (C=O) groups excluding carboxylic acids is 3. The van der Waals surface area contributed by atoms with Crippen LogP contribution in [0.15, 0.2) is 84.4 Å². The molecule has 1 N–H and O–H groups in total. The third-order valence-electron chi connectivity index (χ3n) is 6.00. The number of urea groups is 1. The molecule has 0 aromatic heterocycles. The van der Waals surface area contributed by atoms with E-state index in [1.807, 2.05) is 18.2 Å². The lowest BCUT2D eigenvalue weighted by atomic mass is 9.99. The minimum atomic E-state index is -0.930. The molecule has 1 heterocycles. The SMILES string of the molecule is O=C1NC(=O)N(c2ccc(Cl)c(Cl)c2)C(=O)/C1=C/c1c(OCc2cccc([N+](=O)[O-])c2)ccc2ccccc12. The van der Waals surface area contributed by atoms with E-state index in [9.17, 15) is 24.5 Å². The lowest BCUT2D eigenvalue weighted by Gasteiger charge is -2.26. The number of hydrogen-bond donors (Lipinski definition) is 1. The molecule has 194 valence electrons. The number of barbiturate groups is 1. The minimum absolute atomic E-state index is 0.00970. The molecule has 1 aliphatic heterocycles. The van der Waals surface area contributed by atoms with Crippen LogP contribution in [0, 0.1) is 10.1 Å². The molecule has 39 heavy (non-hydrogen) atoms. The molecular weight excluding hydrogens is 545 g/mol. The van der Waals surface area contributed by atoms with E-state index in [-0.39, 0.29) is 33.6 Å². The first-order valence-corrected chi connectivity index (χ1v) is 12.2. The number of hydrogen-bond acceptors (Lipinski definition) is 6. The van der Waals surface area contributed by atoms with Crippen LogP contribution in [-0.2, 0) is 16.2 Å². The Morgan fingerprint density at radius 1 is 0.923 bits per heavy atom. The maximum absolute atomic E-state index is 13.5. The number of ether oxygens (including phenoxy) is 1. The van der Waals surface area contributed by atoms with Crippen LogP contribution in [0.5, 0.6) is 5.75 Å². The summed E-state index contributed by atoms with van der Waals surface area (Å²) in [5.74, 6) is -1.41. The normalized spacial score (nSPS) is 14.6. The van der Waals surface area contributed by atoms with Crippen molar-refractivity contribution in [2.24, 2.45) is 0 Å². The van der Waals surface area contributed by atoms with Crippen molar-refractivity contribution >= 4 is 69.3 Å². The lowest BCUT2D eigenvalue weighted by molar-refractivity contribution is -0.384. The molecule has 1 aliphatic rings. The van der Waals surface area contributed by atoms with Gasteiger partial charge >= 0.3 is 6.03 Å². The van der Waals surface area contributed by atoms with Crippen molar-refractivity contribution in [1.29, 1.82) is 0 Å². The van der Waals surface area contributed by atoms with Crippen molar-refractivity contribution in [2.75, 3.05) is 4.90 Å². The van der Waals surface area contributed by atoms with Gasteiger partial charge in [0.05, 0.1) is 20.7 Å². The Hall–Kier alpha value is -4.73. The summed E-state index contributed by atoms with van der Waals surface area (Å²) in [6, 6.07) is 20.1. The number of halogens is 2. The number of imide groups is 2. The van der Waals surface area contributed by atoms with Crippen molar-refractivity contribution in [3.8, 4) is 5.75 Å². The number of anilines is 1. The zero-order valence-electron chi connectivity index (χ0n) is 19.9. The first-order chi connectivity index (χ1) is 18.7. The summed E-state index contributed by atoms with van der Waals surface area (Å²) in [4.78, 5) is 50.4. The molecule has 0 unspecified atom stereocenters. The number of nitro groups is 1. The van der Waals surface area contributed by atoms with E-state index in [2.05, 4.69) is 5.32 Å². The first kappa shape index (κ1) is 25.9. The predicted octanol–water partition coefficient (Wildman–Crippen LogP) is 6.30. The second-order valence-corrected chi connectivity index (χ2v) is 9.28. The summed E-state index contributed by atoms with van der Waals surface area (Å²) in [5.41, 5.74) is 0.718. The van der Waals surface area contributed by atoms with E-state index in [4.69, 9.17) is 27.9 Å². The molecule has 4 amide bonds. The van der Waals surface area contributed by atoms with E-state index in [1.54, 1.807) is 30.3 Å². The molecule has 0 spiro atoms. The molecule has 1 fully saturated rings. The van der Waals surface area contributed by atoms with Crippen molar-refractivity contribution in [3.05, 3.63) is 116 Å². The molecular formula is C28H17Cl2N3O6. The fourth-order valence-corrected chi connectivity index (χ4v) is 4.42. The van der Waals surface area contributed by atoms with E-state index >= 15 is 0 Å². The standard InChI is InChI=1S/C28H17Cl2N3O6/c29-23-10-9-18(13-24(23)30)32-27(35)22(26(34)31-28(32)36)14-21-20-7-2-1-5-17(20)8-11-25(21)39-15-16-4-3-6-19(12-16)33(37)38/h1-14H,15H2,(H,31,34,36)/b22-14+. The van der Waals surface area contributed by atoms with Crippen molar-refractivity contribution in [2.45, 2.75) is 6.61 Å². The summed E-state index contributed by atoms with van der Waals surface area (Å²) in [5, 5.41) is 15.2. The smallest absolute Gasteiger partial charge is 0.335 e. The summed E-state index contributed by atoms with van der Waals surface area (Å²) in [7, 11) is 0. The number of non-ortho nitro benzene ring substituents is 1. The number of rotatable bonds is 6. The Labute approximate surface area is 231 Å². The van der Waals surface area contributed by atoms with Crippen molar-refractivity contribution < 1.29 is 24.0 Å². The molecule has 11 heteroatoms. The highest BCUT2D eigenvalue weighted by atomic mass is 35.5. The highest BCUT2D eigenvalue weighted by Crippen LogP contribution is 2.33. The van der Waals surface area contributed by atoms with E-state index < -0.39 is 22.8 Å². The number of nitrogens with zero attached hydrogens (tertiary/aromatic N) is 2. The number of amides is 4. The Balaban J connectivity index is 1.57. The molecule has 0 aliphatic carbocycles. The van der Waals surface area contributed by atoms with Gasteiger partial charge in [-0.05, 0) is 46.7 Å². The van der Waals surface area contributed by atoms with Gasteiger partial charge in [0.15, 0.2) is 0 Å². The zero-order chi connectivity index (χ0) is 27.7. The van der Waals surface area contributed by atoms with Crippen LogP contribution in [0.4, 0.5) is 16.2 Å². The fourth-order valence-electron chi connectivity index (χ4n) is 4.13. The fraction of sp³-hybridized carbons (Fsp3) is 0.0357. The molecule has 0 saturated carbocycles. The van der Waals surface area contributed by atoms with Crippen LogP contribution in [0.1, 0.15) is 11.1 Å². The quantitative estimate of drug-likeness (QED) is 0.128. The molecule has 1 saturated heterocycles. The largest absolute Gasteiger partial charge is 0.488 e. The number of benzene rings is 4. The van der Waals surface area contributed by atoms with Gasteiger partial charge in [-0.3, -0.25) is 25.0 Å². The van der Waals surface area contributed by atoms with Crippen LogP contribution in [-0.4, -0.2) is 22.8 Å². The summed E-state index contributed by atoms with van der Waals surface area (Å²) < 4.78 is 6.02. The van der Waals surface area contributed by atoms with Gasteiger partial charge in [0.1, 0.15) is 17.9 Å². The average Bonchev–Trinajstić information content (AvgIpc) is 2.92. The van der Waals surface area contributed by atoms with Crippen LogP contribution >= 0.6 is 23.2 Å². The van der Waals surface area contributed by atoms with Crippen LogP contribution < -0.4 is 15.0 Å². The van der Waals surface area contributed by atoms with Gasteiger partial charge in [0.25, 0.3) is 17.5 Å². The van der Waals surface area contributed by atoms with Gasteiger partial charge < -0.3 is 4.74 Å².